The SMILES string of the molecule is OCC(CO)(CO)N1CC=CC1. The fraction of sp³-hybridized carbons (Fsp3) is 0.750. The van der Waals surface area contributed by atoms with Crippen molar-refractivity contribution in [1.82, 2.24) is 4.90 Å². The standard InChI is InChI=1S/C8H15NO3/c10-5-8(6-11,7-12)9-3-1-2-4-9/h1-2,10-12H,3-7H2. The molecule has 0 amide bonds. The first-order valence-electron chi connectivity index (χ1n) is 4.02. The van der Waals surface area contributed by atoms with E-state index < -0.39 is 5.54 Å². The van der Waals surface area contributed by atoms with E-state index in [1.54, 1.807) is 0 Å². The molecule has 0 aliphatic carbocycles. The van der Waals surface area contributed by atoms with Crippen molar-refractivity contribution in [3.8, 4) is 0 Å². The molecule has 12 heavy (non-hydrogen) atoms. The van der Waals surface area contributed by atoms with E-state index in [9.17, 15) is 0 Å². The number of nitrogens with zero attached hydrogens (tertiary/aromatic N) is 1. The highest BCUT2D eigenvalue weighted by Crippen LogP contribution is 2.16. The first kappa shape index (κ1) is 9.67. The summed E-state index contributed by atoms with van der Waals surface area (Å²) in [4.78, 5) is 1.85. The fourth-order valence-electron chi connectivity index (χ4n) is 1.32. The summed E-state index contributed by atoms with van der Waals surface area (Å²) in [7, 11) is 0. The van der Waals surface area contributed by atoms with Crippen molar-refractivity contribution < 1.29 is 15.3 Å². The molecule has 0 spiro atoms. The molecule has 0 saturated carbocycles. The topological polar surface area (TPSA) is 63.9 Å². The average molecular weight is 173 g/mol. The van der Waals surface area contributed by atoms with Gasteiger partial charge < -0.3 is 15.3 Å². The Bertz CT molecular complexity index is 149. The maximum atomic E-state index is 9.05. The summed E-state index contributed by atoms with van der Waals surface area (Å²) >= 11 is 0. The molecule has 0 aromatic heterocycles. The Morgan fingerprint density at radius 2 is 1.42 bits per heavy atom. The molecule has 70 valence electrons. The van der Waals surface area contributed by atoms with Crippen molar-refractivity contribution >= 4 is 0 Å². The molecule has 0 aromatic rings. The van der Waals surface area contributed by atoms with Crippen LogP contribution in [0.25, 0.3) is 0 Å². The van der Waals surface area contributed by atoms with Gasteiger partial charge in [-0.05, 0) is 0 Å². The second kappa shape index (κ2) is 4.00. The van der Waals surface area contributed by atoms with Crippen molar-refractivity contribution in [3.05, 3.63) is 12.2 Å². The van der Waals surface area contributed by atoms with Crippen LogP contribution in [0.15, 0.2) is 12.2 Å². The maximum Gasteiger partial charge on any atom is 0.0911 e. The Balaban J connectivity index is 2.63. The predicted octanol–water partition coefficient (Wildman–Crippen LogP) is -1.43. The van der Waals surface area contributed by atoms with Crippen molar-refractivity contribution in [2.24, 2.45) is 0 Å². The second-order valence-corrected chi connectivity index (χ2v) is 3.08. The third-order valence-corrected chi connectivity index (χ3v) is 2.37. The predicted molar refractivity (Wildman–Crippen MR) is 44.7 cm³/mol. The summed E-state index contributed by atoms with van der Waals surface area (Å²) in [6.07, 6.45) is 3.91. The van der Waals surface area contributed by atoms with Gasteiger partial charge in [0.05, 0.1) is 25.4 Å². The minimum absolute atomic E-state index is 0.221. The Labute approximate surface area is 71.7 Å². The summed E-state index contributed by atoms with van der Waals surface area (Å²) in [6, 6.07) is 0. The van der Waals surface area contributed by atoms with Crippen LogP contribution in [0.3, 0.4) is 0 Å². The molecule has 4 heteroatoms. The first-order chi connectivity index (χ1) is 5.79. The van der Waals surface area contributed by atoms with E-state index in [0.717, 1.165) is 0 Å². The molecule has 1 aliphatic heterocycles. The highest BCUT2D eigenvalue weighted by molar-refractivity contribution is 5.03. The molecule has 3 N–H and O–H groups in total. The van der Waals surface area contributed by atoms with Crippen LogP contribution < -0.4 is 0 Å². The van der Waals surface area contributed by atoms with Gasteiger partial charge in [-0.25, -0.2) is 0 Å². The lowest BCUT2D eigenvalue weighted by Gasteiger charge is -2.37. The van der Waals surface area contributed by atoms with Crippen molar-refractivity contribution in [3.63, 3.8) is 0 Å². The van der Waals surface area contributed by atoms with Crippen LogP contribution >= 0.6 is 0 Å². The van der Waals surface area contributed by atoms with Crippen LogP contribution in [-0.2, 0) is 0 Å². The van der Waals surface area contributed by atoms with Crippen molar-refractivity contribution in [1.29, 1.82) is 0 Å². The van der Waals surface area contributed by atoms with Gasteiger partial charge in [0.15, 0.2) is 0 Å². The summed E-state index contributed by atoms with van der Waals surface area (Å²) < 4.78 is 0. The van der Waals surface area contributed by atoms with Gasteiger partial charge in [-0.3, -0.25) is 4.90 Å². The lowest BCUT2D eigenvalue weighted by molar-refractivity contribution is -0.0335. The molecule has 0 unspecified atom stereocenters. The van der Waals surface area contributed by atoms with Crippen LogP contribution in [0, 0.1) is 0 Å². The van der Waals surface area contributed by atoms with Crippen molar-refractivity contribution in [2.45, 2.75) is 5.54 Å². The molecule has 4 nitrogen and oxygen atoms in total. The monoisotopic (exact) mass is 173 g/mol. The zero-order valence-electron chi connectivity index (χ0n) is 6.98. The zero-order chi connectivity index (χ0) is 9.03. The molecular weight excluding hydrogens is 158 g/mol. The van der Waals surface area contributed by atoms with E-state index in [1.165, 1.54) is 0 Å². The number of rotatable bonds is 4. The third kappa shape index (κ3) is 1.51. The molecule has 0 aromatic carbocycles. The van der Waals surface area contributed by atoms with E-state index >= 15 is 0 Å². The number of aliphatic hydroxyl groups is 3. The van der Waals surface area contributed by atoms with E-state index in [-0.39, 0.29) is 19.8 Å². The summed E-state index contributed by atoms with van der Waals surface area (Å²) in [5.74, 6) is 0. The molecule has 1 aliphatic rings. The van der Waals surface area contributed by atoms with Gasteiger partial charge in [-0.2, -0.15) is 0 Å². The number of aliphatic hydroxyl groups excluding tert-OH is 3. The maximum absolute atomic E-state index is 9.05. The Morgan fingerprint density at radius 1 is 1.00 bits per heavy atom. The molecule has 1 heterocycles. The molecule has 0 fully saturated rings. The Morgan fingerprint density at radius 3 is 1.75 bits per heavy atom. The van der Waals surface area contributed by atoms with Crippen LogP contribution in [0.4, 0.5) is 0 Å². The average Bonchev–Trinajstić information content (AvgIpc) is 2.62. The number of hydrogen-bond donors (Lipinski definition) is 3. The van der Waals surface area contributed by atoms with Gasteiger partial charge in [0.1, 0.15) is 0 Å². The van der Waals surface area contributed by atoms with Crippen molar-refractivity contribution in [2.75, 3.05) is 32.9 Å². The molecular formula is C8H15NO3. The van der Waals surface area contributed by atoms with Gasteiger partial charge in [0.25, 0.3) is 0 Å². The first-order valence-corrected chi connectivity index (χ1v) is 4.02. The van der Waals surface area contributed by atoms with Gasteiger partial charge in [-0.15, -0.1) is 0 Å². The van der Waals surface area contributed by atoms with Gasteiger partial charge >= 0.3 is 0 Å². The molecule has 0 bridgehead atoms. The Hall–Kier alpha value is -0.420. The second-order valence-electron chi connectivity index (χ2n) is 3.08. The number of hydrogen-bond acceptors (Lipinski definition) is 4. The largest absolute Gasteiger partial charge is 0.394 e. The molecule has 0 saturated heterocycles. The van der Waals surface area contributed by atoms with E-state index in [0.29, 0.717) is 13.1 Å². The van der Waals surface area contributed by atoms with Gasteiger partial charge in [-0.1, -0.05) is 12.2 Å². The normalized spacial score (nSPS) is 18.9. The van der Waals surface area contributed by atoms with E-state index in [1.807, 2.05) is 17.1 Å². The highest BCUT2D eigenvalue weighted by Gasteiger charge is 2.35. The quantitative estimate of drug-likeness (QED) is 0.456. The highest BCUT2D eigenvalue weighted by atomic mass is 16.3. The van der Waals surface area contributed by atoms with Crippen LogP contribution in [0.1, 0.15) is 0 Å². The summed E-state index contributed by atoms with van der Waals surface area (Å²) in [5, 5.41) is 27.1. The minimum atomic E-state index is -0.858. The van der Waals surface area contributed by atoms with Crippen LogP contribution in [0.5, 0.6) is 0 Å². The van der Waals surface area contributed by atoms with Gasteiger partial charge in [0, 0.05) is 13.1 Å². The smallest absolute Gasteiger partial charge is 0.0911 e. The minimum Gasteiger partial charge on any atom is -0.394 e. The molecule has 0 atom stereocenters. The van der Waals surface area contributed by atoms with Crippen LogP contribution in [0.2, 0.25) is 0 Å². The molecule has 0 radical (unpaired) electrons. The Kier molecular flexibility index (Phi) is 3.22. The lowest BCUT2D eigenvalue weighted by atomic mass is 10.0. The fourth-order valence-corrected chi connectivity index (χ4v) is 1.32. The third-order valence-electron chi connectivity index (χ3n) is 2.37. The lowest BCUT2D eigenvalue weighted by Crippen LogP contribution is -2.56. The van der Waals surface area contributed by atoms with E-state index in [4.69, 9.17) is 15.3 Å². The van der Waals surface area contributed by atoms with Gasteiger partial charge in [0.2, 0.25) is 0 Å². The zero-order valence-corrected chi connectivity index (χ0v) is 6.98. The summed E-state index contributed by atoms with van der Waals surface area (Å²) in [6.45, 7) is 0.703. The molecule has 1 rings (SSSR count). The van der Waals surface area contributed by atoms with Crippen LogP contribution in [-0.4, -0.2) is 58.7 Å². The van der Waals surface area contributed by atoms with E-state index in [2.05, 4.69) is 0 Å². The summed E-state index contributed by atoms with van der Waals surface area (Å²) in [5.41, 5.74) is -0.858.